The zero-order valence-corrected chi connectivity index (χ0v) is 16.5. The number of carbonyl (C=O) groups is 1. The highest BCUT2D eigenvalue weighted by Gasteiger charge is 2.30. The Morgan fingerprint density at radius 1 is 1.38 bits per heavy atom. The van der Waals surface area contributed by atoms with Gasteiger partial charge in [0, 0.05) is 30.1 Å². The van der Waals surface area contributed by atoms with Crippen LogP contribution in [0.5, 0.6) is 5.75 Å². The van der Waals surface area contributed by atoms with Crippen LogP contribution in [0.3, 0.4) is 0 Å². The molecular formula is C20H27N3O2S. The van der Waals surface area contributed by atoms with E-state index < -0.39 is 0 Å². The standard InChI is InChI=1S/C20H27N3O2S/c1-13(2)25-17-6-4-15(5-7-17)19-22-18(12-26-19)20(24)23-9-8-14(3)10-16(23)11-21/h4-7,12-14,16H,8-11,21H2,1-3H3. The van der Waals surface area contributed by atoms with E-state index in [-0.39, 0.29) is 18.1 Å². The molecule has 1 aromatic heterocycles. The van der Waals surface area contributed by atoms with E-state index in [4.69, 9.17) is 10.5 Å². The lowest BCUT2D eigenvalue weighted by atomic mass is 9.92. The molecular weight excluding hydrogens is 346 g/mol. The maximum Gasteiger partial charge on any atom is 0.273 e. The van der Waals surface area contributed by atoms with Crippen molar-refractivity contribution >= 4 is 17.2 Å². The van der Waals surface area contributed by atoms with Crippen LogP contribution in [0, 0.1) is 5.92 Å². The van der Waals surface area contributed by atoms with Gasteiger partial charge in [0.25, 0.3) is 5.91 Å². The Kier molecular flexibility index (Phi) is 5.94. The smallest absolute Gasteiger partial charge is 0.273 e. The maximum absolute atomic E-state index is 12.9. The maximum atomic E-state index is 12.9. The SMILES string of the molecule is CC1CCN(C(=O)c2csc(-c3ccc(OC(C)C)cc3)n2)C(CN)C1. The minimum absolute atomic E-state index is 0.00499. The third kappa shape index (κ3) is 4.24. The van der Waals surface area contributed by atoms with Crippen molar-refractivity contribution in [2.45, 2.75) is 45.8 Å². The van der Waals surface area contributed by atoms with Gasteiger partial charge in [0.15, 0.2) is 0 Å². The molecule has 2 atom stereocenters. The minimum atomic E-state index is -0.00499. The zero-order chi connectivity index (χ0) is 18.7. The van der Waals surface area contributed by atoms with Crippen molar-refractivity contribution in [3.8, 4) is 16.3 Å². The first-order valence-corrected chi connectivity index (χ1v) is 10.1. The third-order valence-corrected chi connectivity index (χ3v) is 5.60. The van der Waals surface area contributed by atoms with Gasteiger partial charge in [-0.15, -0.1) is 11.3 Å². The van der Waals surface area contributed by atoms with Gasteiger partial charge in [0.05, 0.1) is 6.10 Å². The van der Waals surface area contributed by atoms with Crippen LogP contribution in [0.1, 0.15) is 44.1 Å². The lowest BCUT2D eigenvalue weighted by Gasteiger charge is -2.37. The topological polar surface area (TPSA) is 68.5 Å². The molecule has 0 radical (unpaired) electrons. The molecule has 2 aromatic rings. The molecule has 1 amide bonds. The molecule has 0 spiro atoms. The van der Waals surface area contributed by atoms with Crippen LogP contribution in [0.15, 0.2) is 29.6 Å². The molecule has 140 valence electrons. The Morgan fingerprint density at radius 2 is 2.12 bits per heavy atom. The second-order valence-electron chi connectivity index (χ2n) is 7.25. The fraction of sp³-hybridized carbons (Fsp3) is 0.500. The van der Waals surface area contributed by atoms with Crippen LogP contribution in [0.4, 0.5) is 0 Å². The van der Waals surface area contributed by atoms with Gasteiger partial charge < -0.3 is 15.4 Å². The fourth-order valence-corrected chi connectivity index (χ4v) is 4.14. The van der Waals surface area contributed by atoms with Crippen molar-refractivity contribution in [1.29, 1.82) is 0 Å². The summed E-state index contributed by atoms with van der Waals surface area (Å²) in [5, 5.41) is 2.70. The van der Waals surface area contributed by atoms with E-state index >= 15 is 0 Å². The highest BCUT2D eigenvalue weighted by molar-refractivity contribution is 7.13. The second-order valence-corrected chi connectivity index (χ2v) is 8.10. The number of piperidine rings is 1. The number of likely N-dealkylation sites (tertiary alicyclic amines) is 1. The quantitative estimate of drug-likeness (QED) is 0.866. The van der Waals surface area contributed by atoms with Crippen LogP contribution in [-0.2, 0) is 0 Å². The van der Waals surface area contributed by atoms with Crippen molar-refractivity contribution in [3.63, 3.8) is 0 Å². The summed E-state index contributed by atoms with van der Waals surface area (Å²) in [6, 6.07) is 7.96. The molecule has 26 heavy (non-hydrogen) atoms. The van der Waals surface area contributed by atoms with Gasteiger partial charge >= 0.3 is 0 Å². The summed E-state index contributed by atoms with van der Waals surface area (Å²) in [5.41, 5.74) is 7.40. The van der Waals surface area contributed by atoms with Gasteiger partial charge in [0.2, 0.25) is 0 Å². The number of hydrogen-bond acceptors (Lipinski definition) is 5. The molecule has 1 fully saturated rings. The number of carbonyl (C=O) groups excluding carboxylic acids is 1. The molecule has 0 aliphatic carbocycles. The van der Waals surface area contributed by atoms with E-state index in [1.807, 2.05) is 48.4 Å². The molecule has 6 heteroatoms. The van der Waals surface area contributed by atoms with Crippen molar-refractivity contribution in [2.24, 2.45) is 11.7 Å². The zero-order valence-electron chi connectivity index (χ0n) is 15.6. The van der Waals surface area contributed by atoms with E-state index in [1.165, 1.54) is 11.3 Å². The molecule has 0 saturated carbocycles. The number of hydrogen-bond donors (Lipinski definition) is 1. The van der Waals surface area contributed by atoms with Crippen LogP contribution in [0.25, 0.3) is 10.6 Å². The summed E-state index contributed by atoms with van der Waals surface area (Å²) in [4.78, 5) is 19.4. The van der Waals surface area contributed by atoms with Crippen LogP contribution >= 0.6 is 11.3 Å². The van der Waals surface area contributed by atoms with E-state index in [0.29, 0.717) is 18.2 Å². The molecule has 1 aliphatic rings. The number of thiazole rings is 1. The van der Waals surface area contributed by atoms with Crippen molar-refractivity contribution < 1.29 is 9.53 Å². The van der Waals surface area contributed by atoms with Gasteiger partial charge in [-0.2, -0.15) is 0 Å². The van der Waals surface area contributed by atoms with Crippen LogP contribution in [0.2, 0.25) is 0 Å². The minimum Gasteiger partial charge on any atom is -0.491 e. The van der Waals surface area contributed by atoms with Gasteiger partial charge in [-0.05, 0) is 56.9 Å². The van der Waals surface area contributed by atoms with Crippen LogP contribution in [-0.4, -0.2) is 41.0 Å². The largest absolute Gasteiger partial charge is 0.491 e. The first kappa shape index (κ1) is 18.9. The van der Waals surface area contributed by atoms with E-state index in [0.717, 1.165) is 35.7 Å². The Hall–Kier alpha value is -1.92. The predicted molar refractivity (Wildman–Crippen MR) is 106 cm³/mol. The number of ether oxygens (including phenoxy) is 1. The van der Waals surface area contributed by atoms with Gasteiger partial charge in [-0.1, -0.05) is 6.92 Å². The Morgan fingerprint density at radius 3 is 2.77 bits per heavy atom. The Labute approximate surface area is 159 Å². The van der Waals surface area contributed by atoms with Gasteiger partial charge in [-0.25, -0.2) is 4.98 Å². The molecule has 1 saturated heterocycles. The van der Waals surface area contributed by atoms with Crippen molar-refractivity contribution in [2.75, 3.05) is 13.1 Å². The lowest BCUT2D eigenvalue weighted by molar-refractivity contribution is 0.0568. The summed E-state index contributed by atoms with van der Waals surface area (Å²) in [7, 11) is 0. The average molecular weight is 374 g/mol. The summed E-state index contributed by atoms with van der Waals surface area (Å²) < 4.78 is 5.67. The fourth-order valence-electron chi connectivity index (χ4n) is 3.34. The number of benzene rings is 1. The molecule has 1 aliphatic heterocycles. The number of aromatic nitrogens is 1. The lowest BCUT2D eigenvalue weighted by Crippen LogP contribution is -2.49. The molecule has 2 heterocycles. The Balaban J connectivity index is 1.73. The van der Waals surface area contributed by atoms with E-state index in [1.54, 1.807) is 0 Å². The van der Waals surface area contributed by atoms with Crippen molar-refractivity contribution in [3.05, 3.63) is 35.3 Å². The molecule has 0 bridgehead atoms. The highest BCUT2D eigenvalue weighted by atomic mass is 32.1. The first-order valence-electron chi connectivity index (χ1n) is 9.21. The first-order chi connectivity index (χ1) is 12.5. The highest BCUT2D eigenvalue weighted by Crippen LogP contribution is 2.28. The van der Waals surface area contributed by atoms with E-state index in [2.05, 4.69) is 11.9 Å². The van der Waals surface area contributed by atoms with Crippen LogP contribution < -0.4 is 10.5 Å². The number of nitrogens with two attached hydrogens (primary N) is 1. The summed E-state index contributed by atoms with van der Waals surface area (Å²) in [6.45, 7) is 7.49. The predicted octanol–water partition coefficient (Wildman–Crippen LogP) is 3.80. The molecule has 2 unspecified atom stereocenters. The summed E-state index contributed by atoms with van der Waals surface area (Å²) in [5.74, 6) is 1.45. The summed E-state index contributed by atoms with van der Waals surface area (Å²) in [6.07, 6.45) is 2.14. The van der Waals surface area contributed by atoms with Gasteiger partial charge in [0.1, 0.15) is 16.5 Å². The monoisotopic (exact) mass is 373 g/mol. The molecule has 2 N–H and O–H groups in total. The molecule has 5 nitrogen and oxygen atoms in total. The van der Waals surface area contributed by atoms with Crippen molar-refractivity contribution in [1.82, 2.24) is 9.88 Å². The number of rotatable bonds is 5. The number of nitrogens with zero attached hydrogens (tertiary/aromatic N) is 2. The molecule has 3 rings (SSSR count). The van der Waals surface area contributed by atoms with Gasteiger partial charge in [-0.3, -0.25) is 4.79 Å². The second kappa shape index (κ2) is 8.18. The number of amides is 1. The molecule has 1 aromatic carbocycles. The third-order valence-electron chi connectivity index (χ3n) is 4.71. The summed E-state index contributed by atoms with van der Waals surface area (Å²) >= 11 is 1.49. The normalized spacial score (nSPS) is 20.4. The average Bonchev–Trinajstić information content (AvgIpc) is 3.11. The van der Waals surface area contributed by atoms with E-state index in [9.17, 15) is 4.79 Å². The Bertz CT molecular complexity index is 742.